The predicted octanol–water partition coefficient (Wildman–Crippen LogP) is 2.16. The first-order valence-electron chi connectivity index (χ1n) is 4.97. The number of benzene rings is 1. The van der Waals surface area contributed by atoms with Gasteiger partial charge in [0.15, 0.2) is 0 Å². The molecule has 0 fully saturated rings. The van der Waals surface area contributed by atoms with Crippen LogP contribution in [0.1, 0.15) is 28.2 Å². The fourth-order valence-corrected chi connectivity index (χ4v) is 2.13. The highest BCUT2D eigenvalue weighted by Gasteiger charge is 2.25. The van der Waals surface area contributed by atoms with Crippen LogP contribution < -0.4 is 5.32 Å². The quantitative estimate of drug-likeness (QED) is 0.726. The number of rotatable bonds is 2. The van der Waals surface area contributed by atoms with Gasteiger partial charge >= 0.3 is 0 Å². The van der Waals surface area contributed by atoms with Gasteiger partial charge in [-0.25, -0.2) is 0 Å². The summed E-state index contributed by atoms with van der Waals surface area (Å²) in [5, 5.41) is 3.24. The maximum atomic E-state index is 3.24. The lowest BCUT2D eigenvalue weighted by molar-refractivity contribution is 0.567. The SMILES string of the molecule is CNCC1Cc2cc(C)c(C)cc21. The molecule has 1 aromatic rings. The van der Waals surface area contributed by atoms with Crippen LogP contribution in [-0.2, 0) is 6.42 Å². The van der Waals surface area contributed by atoms with Crippen LogP contribution >= 0.6 is 0 Å². The van der Waals surface area contributed by atoms with Gasteiger partial charge in [0, 0.05) is 12.5 Å². The molecule has 0 heterocycles. The summed E-state index contributed by atoms with van der Waals surface area (Å²) in [4.78, 5) is 0. The van der Waals surface area contributed by atoms with Crippen molar-refractivity contribution in [2.45, 2.75) is 26.2 Å². The topological polar surface area (TPSA) is 12.0 Å². The lowest BCUT2D eigenvalue weighted by Crippen LogP contribution is -2.27. The summed E-state index contributed by atoms with van der Waals surface area (Å²) in [7, 11) is 2.03. The van der Waals surface area contributed by atoms with E-state index < -0.39 is 0 Å². The van der Waals surface area contributed by atoms with Gasteiger partial charge in [-0.05, 0) is 49.6 Å². The summed E-state index contributed by atoms with van der Waals surface area (Å²) in [6.45, 7) is 5.51. The second-order valence-electron chi connectivity index (χ2n) is 4.09. The molecule has 0 bridgehead atoms. The number of hydrogen-bond donors (Lipinski definition) is 1. The minimum absolute atomic E-state index is 0.763. The first kappa shape index (κ1) is 8.76. The summed E-state index contributed by atoms with van der Waals surface area (Å²) >= 11 is 0. The molecule has 1 aliphatic carbocycles. The van der Waals surface area contributed by atoms with Crippen molar-refractivity contribution in [1.29, 1.82) is 0 Å². The van der Waals surface area contributed by atoms with Gasteiger partial charge in [-0.15, -0.1) is 0 Å². The molecular weight excluding hydrogens is 158 g/mol. The van der Waals surface area contributed by atoms with Gasteiger partial charge in [0.05, 0.1) is 0 Å². The second kappa shape index (κ2) is 3.15. The van der Waals surface area contributed by atoms with Crippen molar-refractivity contribution in [2.24, 2.45) is 0 Å². The van der Waals surface area contributed by atoms with E-state index in [1.165, 1.54) is 17.5 Å². The van der Waals surface area contributed by atoms with Gasteiger partial charge in [-0.1, -0.05) is 12.1 Å². The highest BCUT2D eigenvalue weighted by Crippen LogP contribution is 2.36. The third-order valence-electron chi connectivity index (χ3n) is 3.11. The zero-order valence-corrected chi connectivity index (χ0v) is 8.65. The Morgan fingerprint density at radius 1 is 1.31 bits per heavy atom. The number of fused-ring (bicyclic) bond motifs is 1. The zero-order valence-electron chi connectivity index (χ0n) is 8.65. The Bertz CT molecular complexity index is 328. The van der Waals surface area contributed by atoms with E-state index in [-0.39, 0.29) is 0 Å². The molecule has 0 amide bonds. The normalized spacial score (nSPS) is 19.5. The number of nitrogens with one attached hydrogen (secondary N) is 1. The average molecular weight is 175 g/mol. The summed E-state index contributed by atoms with van der Waals surface area (Å²) in [5.74, 6) is 0.763. The van der Waals surface area contributed by atoms with E-state index in [0.717, 1.165) is 12.5 Å². The van der Waals surface area contributed by atoms with Gasteiger partial charge in [0.1, 0.15) is 0 Å². The number of hydrogen-bond acceptors (Lipinski definition) is 1. The van der Waals surface area contributed by atoms with Crippen molar-refractivity contribution in [3.8, 4) is 0 Å². The molecule has 0 saturated carbocycles. The number of likely N-dealkylation sites (N-methyl/N-ethyl adjacent to an activating group) is 1. The van der Waals surface area contributed by atoms with Crippen molar-refractivity contribution < 1.29 is 0 Å². The third kappa shape index (κ3) is 1.37. The fraction of sp³-hybridized carbons (Fsp3) is 0.500. The molecule has 0 spiro atoms. The van der Waals surface area contributed by atoms with Crippen LogP contribution in [0.4, 0.5) is 0 Å². The van der Waals surface area contributed by atoms with E-state index in [1.54, 1.807) is 11.1 Å². The first-order chi connectivity index (χ1) is 6.22. The molecule has 1 heteroatoms. The van der Waals surface area contributed by atoms with E-state index >= 15 is 0 Å². The molecule has 1 aliphatic rings. The van der Waals surface area contributed by atoms with Gasteiger partial charge in [0.2, 0.25) is 0 Å². The molecule has 0 aliphatic heterocycles. The molecule has 1 aromatic carbocycles. The van der Waals surface area contributed by atoms with Crippen molar-refractivity contribution in [1.82, 2.24) is 5.32 Å². The van der Waals surface area contributed by atoms with Gasteiger partial charge in [-0.3, -0.25) is 0 Å². The van der Waals surface area contributed by atoms with Crippen molar-refractivity contribution in [3.63, 3.8) is 0 Å². The van der Waals surface area contributed by atoms with Crippen molar-refractivity contribution in [3.05, 3.63) is 34.4 Å². The Labute approximate surface area is 80.2 Å². The van der Waals surface area contributed by atoms with Crippen LogP contribution in [0.3, 0.4) is 0 Å². The molecule has 0 aromatic heterocycles. The maximum absolute atomic E-state index is 3.24. The monoisotopic (exact) mass is 175 g/mol. The Balaban J connectivity index is 2.27. The molecule has 0 radical (unpaired) electrons. The first-order valence-corrected chi connectivity index (χ1v) is 4.97. The lowest BCUT2D eigenvalue weighted by Gasteiger charge is -2.31. The van der Waals surface area contributed by atoms with E-state index in [9.17, 15) is 0 Å². The van der Waals surface area contributed by atoms with E-state index in [0.29, 0.717) is 0 Å². The van der Waals surface area contributed by atoms with Crippen LogP contribution in [0.5, 0.6) is 0 Å². The Kier molecular flexibility index (Phi) is 2.12. The average Bonchev–Trinajstić information content (AvgIpc) is 2.10. The van der Waals surface area contributed by atoms with Crippen LogP contribution in [0.2, 0.25) is 0 Å². The molecule has 1 nitrogen and oxygen atoms in total. The molecule has 1 N–H and O–H groups in total. The van der Waals surface area contributed by atoms with Crippen LogP contribution in [0, 0.1) is 13.8 Å². The largest absolute Gasteiger partial charge is 0.319 e. The lowest BCUT2D eigenvalue weighted by atomic mass is 9.76. The maximum Gasteiger partial charge on any atom is 0.00204 e. The Hall–Kier alpha value is -0.820. The molecule has 13 heavy (non-hydrogen) atoms. The fourth-order valence-electron chi connectivity index (χ4n) is 2.13. The zero-order chi connectivity index (χ0) is 9.42. The van der Waals surface area contributed by atoms with Gasteiger partial charge < -0.3 is 5.32 Å². The van der Waals surface area contributed by atoms with Crippen molar-refractivity contribution >= 4 is 0 Å². The summed E-state index contributed by atoms with van der Waals surface area (Å²) in [6.07, 6.45) is 1.26. The predicted molar refractivity (Wildman–Crippen MR) is 56.3 cm³/mol. The Morgan fingerprint density at radius 3 is 2.69 bits per heavy atom. The minimum atomic E-state index is 0.763. The number of aryl methyl sites for hydroxylation is 2. The molecule has 0 saturated heterocycles. The van der Waals surface area contributed by atoms with E-state index in [2.05, 4.69) is 31.3 Å². The van der Waals surface area contributed by atoms with Crippen molar-refractivity contribution in [2.75, 3.05) is 13.6 Å². The molecule has 1 atom stereocenters. The van der Waals surface area contributed by atoms with E-state index in [1.807, 2.05) is 7.05 Å². The van der Waals surface area contributed by atoms with Gasteiger partial charge in [-0.2, -0.15) is 0 Å². The minimum Gasteiger partial charge on any atom is -0.319 e. The molecule has 2 rings (SSSR count). The van der Waals surface area contributed by atoms with Crippen LogP contribution in [0.15, 0.2) is 12.1 Å². The van der Waals surface area contributed by atoms with E-state index in [4.69, 9.17) is 0 Å². The van der Waals surface area contributed by atoms with Gasteiger partial charge in [0.25, 0.3) is 0 Å². The highest BCUT2D eigenvalue weighted by molar-refractivity contribution is 5.46. The smallest absolute Gasteiger partial charge is 0.00204 e. The Morgan fingerprint density at radius 2 is 2.00 bits per heavy atom. The summed E-state index contributed by atoms with van der Waals surface area (Å²) < 4.78 is 0. The second-order valence-corrected chi connectivity index (χ2v) is 4.09. The summed E-state index contributed by atoms with van der Waals surface area (Å²) in [5.41, 5.74) is 5.99. The van der Waals surface area contributed by atoms with Crippen LogP contribution in [-0.4, -0.2) is 13.6 Å². The molecule has 70 valence electrons. The van der Waals surface area contributed by atoms with Crippen LogP contribution in [0.25, 0.3) is 0 Å². The third-order valence-corrected chi connectivity index (χ3v) is 3.11. The molecular formula is C12H17N. The standard InChI is InChI=1S/C12H17N/c1-8-4-10-6-11(7-13-3)12(10)5-9(8)2/h4-5,11,13H,6-7H2,1-3H3. The summed E-state index contributed by atoms with van der Waals surface area (Å²) in [6, 6.07) is 4.70. The molecule has 1 unspecified atom stereocenters. The highest BCUT2D eigenvalue weighted by atomic mass is 14.8.